The van der Waals surface area contributed by atoms with E-state index in [-0.39, 0.29) is 0 Å². The molecule has 1 aromatic rings. The number of rotatable bonds is 2. The lowest BCUT2D eigenvalue weighted by Crippen LogP contribution is -2.14. The summed E-state index contributed by atoms with van der Waals surface area (Å²) in [5.74, 6) is 3.90. The average molecular weight is 296 g/mol. The lowest BCUT2D eigenvalue weighted by Gasteiger charge is -2.21. The molecule has 92 valence electrons. The number of halogens is 1. The second kappa shape index (κ2) is 4.23. The summed E-state index contributed by atoms with van der Waals surface area (Å²) in [5, 5.41) is 0. The molecular weight excluding hydrogens is 278 g/mol. The highest BCUT2D eigenvalue weighted by Gasteiger charge is 2.41. The lowest BCUT2D eigenvalue weighted by molar-refractivity contribution is 0.404. The normalized spacial score (nSPS) is 31.1. The predicted octanol–water partition coefficient (Wildman–Crippen LogP) is 3.29. The monoisotopic (exact) mass is 295 g/mol. The summed E-state index contributed by atoms with van der Waals surface area (Å²) < 4.78 is 0.881. The summed E-state index contributed by atoms with van der Waals surface area (Å²) in [7, 11) is 0. The second-order valence-electron chi connectivity index (χ2n) is 5.36. The Kier molecular flexibility index (Phi) is 2.85. The molecule has 1 heterocycles. The van der Waals surface area contributed by atoms with Gasteiger partial charge in [0.1, 0.15) is 11.6 Å². The Morgan fingerprint density at radius 3 is 2.71 bits per heavy atom. The number of nitrogens with zero attached hydrogens (tertiary/aromatic N) is 2. The molecule has 2 N–H and O–H groups in total. The molecule has 0 spiro atoms. The van der Waals surface area contributed by atoms with Crippen LogP contribution in [0.1, 0.15) is 50.0 Å². The van der Waals surface area contributed by atoms with Crippen molar-refractivity contribution in [3.05, 3.63) is 16.0 Å². The van der Waals surface area contributed by atoms with Crippen molar-refractivity contribution in [2.24, 2.45) is 11.8 Å². The van der Waals surface area contributed by atoms with Gasteiger partial charge in [0, 0.05) is 5.92 Å². The predicted molar refractivity (Wildman–Crippen MR) is 71.7 cm³/mol. The van der Waals surface area contributed by atoms with E-state index < -0.39 is 0 Å². The minimum absolute atomic E-state index is 0.564. The van der Waals surface area contributed by atoms with E-state index in [2.05, 4.69) is 27.8 Å². The van der Waals surface area contributed by atoms with Crippen molar-refractivity contribution >= 4 is 21.7 Å². The quantitative estimate of drug-likeness (QED) is 0.911. The molecule has 0 radical (unpaired) electrons. The summed E-state index contributed by atoms with van der Waals surface area (Å²) in [6.07, 6.45) is 6.32. The fraction of sp³-hybridized carbons (Fsp3) is 0.692. The first kappa shape index (κ1) is 11.5. The fourth-order valence-electron chi connectivity index (χ4n) is 3.49. The van der Waals surface area contributed by atoms with E-state index in [1.807, 2.05) is 0 Å². The van der Waals surface area contributed by atoms with Gasteiger partial charge < -0.3 is 5.73 Å². The van der Waals surface area contributed by atoms with Crippen molar-refractivity contribution in [1.82, 2.24) is 9.97 Å². The minimum atomic E-state index is 0.564. The van der Waals surface area contributed by atoms with Gasteiger partial charge in [0.25, 0.3) is 0 Å². The van der Waals surface area contributed by atoms with E-state index >= 15 is 0 Å². The second-order valence-corrected chi connectivity index (χ2v) is 6.16. The van der Waals surface area contributed by atoms with Crippen molar-refractivity contribution in [2.75, 3.05) is 5.73 Å². The first-order valence-corrected chi connectivity index (χ1v) is 7.30. The van der Waals surface area contributed by atoms with Crippen LogP contribution in [0.3, 0.4) is 0 Å². The van der Waals surface area contributed by atoms with E-state index in [1.54, 1.807) is 0 Å². The molecule has 2 aliphatic carbocycles. The molecule has 0 aromatic carbocycles. The first-order valence-electron chi connectivity index (χ1n) is 6.50. The number of nitrogens with two attached hydrogens (primary N) is 1. The van der Waals surface area contributed by atoms with Gasteiger partial charge in [-0.05, 0) is 53.4 Å². The molecule has 2 fully saturated rings. The van der Waals surface area contributed by atoms with Crippen molar-refractivity contribution < 1.29 is 0 Å². The van der Waals surface area contributed by atoms with Crippen LogP contribution in [0, 0.1) is 11.8 Å². The SMILES string of the molecule is CCc1nc(C2CC3CCC2C3)nc(N)c1Br. The topological polar surface area (TPSA) is 51.8 Å². The molecule has 4 heteroatoms. The Morgan fingerprint density at radius 2 is 2.12 bits per heavy atom. The number of hydrogen-bond donors (Lipinski definition) is 1. The van der Waals surface area contributed by atoms with E-state index in [9.17, 15) is 0 Å². The summed E-state index contributed by atoms with van der Waals surface area (Å²) in [6, 6.07) is 0. The van der Waals surface area contributed by atoms with Gasteiger partial charge >= 0.3 is 0 Å². The van der Waals surface area contributed by atoms with Crippen LogP contribution in [-0.4, -0.2) is 9.97 Å². The van der Waals surface area contributed by atoms with Gasteiger partial charge in [-0.15, -0.1) is 0 Å². The highest BCUT2D eigenvalue weighted by molar-refractivity contribution is 9.10. The first-order chi connectivity index (χ1) is 8.19. The van der Waals surface area contributed by atoms with Gasteiger partial charge in [-0.2, -0.15) is 0 Å². The van der Waals surface area contributed by atoms with Crippen LogP contribution in [-0.2, 0) is 6.42 Å². The van der Waals surface area contributed by atoms with Crippen LogP contribution in [0.25, 0.3) is 0 Å². The van der Waals surface area contributed by atoms with Crippen LogP contribution in [0.15, 0.2) is 4.47 Å². The molecule has 0 amide bonds. The summed E-state index contributed by atoms with van der Waals surface area (Å²) in [6.45, 7) is 2.11. The van der Waals surface area contributed by atoms with Gasteiger partial charge in [-0.1, -0.05) is 13.3 Å². The summed E-state index contributed by atoms with van der Waals surface area (Å²) in [5.41, 5.74) is 7.02. The van der Waals surface area contributed by atoms with Crippen molar-refractivity contribution in [1.29, 1.82) is 0 Å². The highest BCUT2D eigenvalue weighted by Crippen LogP contribution is 2.52. The van der Waals surface area contributed by atoms with Crippen LogP contribution < -0.4 is 5.73 Å². The van der Waals surface area contributed by atoms with E-state index in [0.717, 1.165) is 34.2 Å². The molecule has 2 saturated carbocycles. The standard InChI is InChI=1S/C13H18BrN3/c1-2-10-11(14)12(15)17-13(16-10)9-6-7-3-4-8(9)5-7/h7-9H,2-6H2,1H3,(H2,15,16,17). The number of fused-ring (bicyclic) bond motifs is 2. The number of nitrogen functional groups attached to an aromatic ring is 1. The molecule has 3 nitrogen and oxygen atoms in total. The average Bonchev–Trinajstić information content (AvgIpc) is 2.94. The van der Waals surface area contributed by atoms with Gasteiger partial charge in [-0.25, -0.2) is 9.97 Å². The van der Waals surface area contributed by atoms with Gasteiger partial charge in [0.15, 0.2) is 0 Å². The molecule has 3 unspecified atom stereocenters. The third-order valence-corrected chi connectivity index (χ3v) is 5.23. The van der Waals surface area contributed by atoms with E-state index in [4.69, 9.17) is 10.7 Å². The lowest BCUT2D eigenvalue weighted by atomic mass is 9.88. The zero-order valence-corrected chi connectivity index (χ0v) is 11.7. The van der Waals surface area contributed by atoms with Gasteiger partial charge in [-0.3, -0.25) is 0 Å². The zero-order chi connectivity index (χ0) is 12.0. The Balaban J connectivity index is 1.95. The molecule has 3 rings (SSSR count). The molecule has 0 saturated heterocycles. The third-order valence-electron chi connectivity index (χ3n) is 4.37. The molecule has 2 bridgehead atoms. The van der Waals surface area contributed by atoms with Crippen LogP contribution in [0.5, 0.6) is 0 Å². The smallest absolute Gasteiger partial charge is 0.141 e. The molecule has 3 atom stereocenters. The minimum Gasteiger partial charge on any atom is -0.383 e. The Hall–Kier alpha value is -0.640. The van der Waals surface area contributed by atoms with E-state index in [1.165, 1.54) is 25.7 Å². The van der Waals surface area contributed by atoms with Crippen molar-refractivity contribution in [2.45, 2.75) is 44.9 Å². The number of aryl methyl sites for hydroxylation is 1. The van der Waals surface area contributed by atoms with Crippen LogP contribution in [0.2, 0.25) is 0 Å². The molecule has 1 aromatic heterocycles. The number of hydrogen-bond acceptors (Lipinski definition) is 3. The third kappa shape index (κ3) is 1.86. The highest BCUT2D eigenvalue weighted by atomic mass is 79.9. The Morgan fingerprint density at radius 1 is 1.29 bits per heavy atom. The van der Waals surface area contributed by atoms with Crippen molar-refractivity contribution in [3.63, 3.8) is 0 Å². The van der Waals surface area contributed by atoms with E-state index in [0.29, 0.717) is 11.7 Å². The van der Waals surface area contributed by atoms with Crippen molar-refractivity contribution in [3.8, 4) is 0 Å². The van der Waals surface area contributed by atoms with Crippen LogP contribution >= 0.6 is 15.9 Å². The largest absolute Gasteiger partial charge is 0.383 e. The maximum atomic E-state index is 5.96. The molecule has 2 aliphatic rings. The molecule has 0 aliphatic heterocycles. The molecular formula is C13H18BrN3. The Bertz CT molecular complexity index is 447. The Labute approximate surface area is 110 Å². The van der Waals surface area contributed by atoms with Gasteiger partial charge in [0.2, 0.25) is 0 Å². The van der Waals surface area contributed by atoms with Gasteiger partial charge in [0.05, 0.1) is 10.2 Å². The fourth-order valence-corrected chi connectivity index (χ4v) is 3.95. The summed E-state index contributed by atoms with van der Waals surface area (Å²) >= 11 is 3.47. The van der Waals surface area contributed by atoms with Crippen LogP contribution in [0.4, 0.5) is 5.82 Å². The number of anilines is 1. The number of aromatic nitrogens is 2. The maximum Gasteiger partial charge on any atom is 0.141 e. The maximum absolute atomic E-state index is 5.96. The zero-order valence-electron chi connectivity index (χ0n) is 10.1. The molecule has 17 heavy (non-hydrogen) atoms. The summed E-state index contributed by atoms with van der Waals surface area (Å²) in [4.78, 5) is 9.22.